The van der Waals surface area contributed by atoms with Gasteiger partial charge < -0.3 is 0 Å². The Hall–Kier alpha value is -2.41. The fraction of sp³-hybridized carbons (Fsp3) is 0.320. The molecule has 0 spiro atoms. The fourth-order valence-corrected chi connectivity index (χ4v) is 4.09. The predicted molar refractivity (Wildman–Crippen MR) is 112 cm³/mol. The number of aryl methyl sites for hydroxylation is 4. The van der Waals surface area contributed by atoms with Gasteiger partial charge in [-0.15, -0.1) is 0 Å². The van der Waals surface area contributed by atoms with Crippen LogP contribution in [0, 0.1) is 41.5 Å². The lowest BCUT2D eigenvalue weighted by atomic mass is 9.88. The fourth-order valence-electron chi connectivity index (χ4n) is 4.09. The van der Waals surface area contributed by atoms with Gasteiger partial charge in [0.1, 0.15) is 0 Å². The topological polar surface area (TPSA) is 17.1 Å². The molecule has 2 aromatic carbocycles. The lowest BCUT2D eigenvalue weighted by Gasteiger charge is -2.14. The molecule has 0 aliphatic heterocycles. The number of allylic oxidation sites excluding steroid dienone is 4. The number of hydrogen-bond donors (Lipinski definition) is 0. The van der Waals surface area contributed by atoms with Crippen molar-refractivity contribution in [3.05, 3.63) is 79.9 Å². The summed E-state index contributed by atoms with van der Waals surface area (Å²) in [4.78, 5) is 13.6. The number of carbonyl (C=O) groups excluding carboxylic acids is 1. The number of rotatable bonds is 2. The van der Waals surface area contributed by atoms with Crippen molar-refractivity contribution in [2.24, 2.45) is 0 Å². The van der Waals surface area contributed by atoms with Crippen LogP contribution < -0.4 is 0 Å². The van der Waals surface area contributed by atoms with Crippen molar-refractivity contribution in [1.29, 1.82) is 0 Å². The zero-order valence-corrected chi connectivity index (χ0v) is 17.2. The highest BCUT2D eigenvalue weighted by molar-refractivity contribution is 6.47. The van der Waals surface area contributed by atoms with Crippen molar-refractivity contribution >= 4 is 16.9 Å². The Morgan fingerprint density at radius 1 is 0.538 bits per heavy atom. The van der Waals surface area contributed by atoms with Crippen LogP contribution in [0.2, 0.25) is 0 Å². The first-order chi connectivity index (χ1) is 12.1. The summed E-state index contributed by atoms with van der Waals surface area (Å²) in [5, 5.41) is 0. The maximum Gasteiger partial charge on any atom is 0.194 e. The molecule has 0 saturated heterocycles. The van der Waals surface area contributed by atoms with Crippen molar-refractivity contribution in [2.75, 3.05) is 0 Å². The van der Waals surface area contributed by atoms with Crippen LogP contribution in [0.15, 0.2) is 35.4 Å². The lowest BCUT2D eigenvalue weighted by Crippen LogP contribution is -2.06. The van der Waals surface area contributed by atoms with Crippen LogP contribution in [-0.2, 0) is 4.79 Å². The van der Waals surface area contributed by atoms with E-state index < -0.39 is 0 Å². The zero-order valence-electron chi connectivity index (χ0n) is 17.2. The Morgan fingerprint density at radius 2 is 0.885 bits per heavy atom. The molecule has 1 heteroatoms. The number of Topliss-reactive ketones (excluding diaryl/α,β-unsaturated/α-hetero) is 1. The molecule has 1 aliphatic carbocycles. The van der Waals surface area contributed by atoms with E-state index >= 15 is 0 Å². The van der Waals surface area contributed by atoms with E-state index in [0.29, 0.717) is 0 Å². The van der Waals surface area contributed by atoms with Gasteiger partial charge in [-0.2, -0.15) is 0 Å². The minimum atomic E-state index is 0.168. The van der Waals surface area contributed by atoms with E-state index in [1.54, 1.807) is 0 Å². The second-order valence-electron chi connectivity index (χ2n) is 7.84. The first kappa shape index (κ1) is 18.4. The smallest absolute Gasteiger partial charge is 0.194 e. The Kier molecular flexibility index (Phi) is 4.52. The molecule has 0 N–H and O–H groups in total. The second kappa shape index (κ2) is 6.39. The molecule has 0 aromatic heterocycles. The molecular formula is C25H28O. The van der Waals surface area contributed by atoms with Crippen LogP contribution in [0.4, 0.5) is 0 Å². The van der Waals surface area contributed by atoms with Crippen molar-refractivity contribution in [2.45, 2.75) is 55.4 Å². The summed E-state index contributed by atoms with van der Waals surface area (Å²) in [7, 11) is 0. The lowest BCUT2D eigenvalue weighted by molar-refractivity contribution is -0.108. The van der Waals surface area contributed by atoms with Crippen molar-refractivity contribution in [3.8, 4) is 0 Å². The molecule has 26 heavy (non-hydrogen) atoms. The molecular weight excluding hydrogens is 316 g/mol. The largest absolute Gasteiger partial charge is 0.289 e. The average Bonchev–Trinajstić information content (AvgIpc) is 2.77. The van der Waals surface area contributed by atoms with Crippen molar-refractivity contribution < 1.29 is 4.79 Å². The van der Waals surface area contributed by atoms with Gasteiger partial charge in [0.25, 0.3) is 0 Å². The molecule has 0 fully saturated rings. The van der Waals surface area contributed by atoms with E-state index in [2.05, 4.69) is 79.7 Å². The van der Waals surface area contributed by atoms with Gasteiger partial charge in [0, 0.05) is 11.1 Å². The maximum absolute atomic E-state index is 13.6. The van der Waals surface area contributed by atoms with Crippen LogP contribution in [0.1, 0.15) is 58.4 Å². The third-order valence-corrected chi connectivity index (χ3v) is 5.93. The maximum atomic E-state index is 13.6. The van der Waals surface area contributed by atoms with Crippen LogP contribution in [0.3, 0.4) is 0 Å². The van der Waals surface area contributed by atoms with E-state index in [1.165, 1.54) is 33.4 Å². The third-order valence-electron chi connectivity index (χ3n) is 5.93. The van der Waals surface area contributed by atoms with Gasteiger partial charge in [0.2, 0.25) is 0 Å². The van der Waals surface area contributed by atoms with Gasteiger partial charge in [0.15, 0.2) is 5.78 Å². The van der Waals surface area contributed by atoms with Gasteiger partial charge in [-0.25, -0.2) is 0 Å². The highest BCUT2D eigenvalue weighted by atomic mass is 16.1. The van der Waals surface area contributed by atoms with E-state index in [4.69, 9.17) is 0 Å². The number of hydrogen-bond acceptors (Lipinski definition) is 1. The molecule has 0 bridgehead atoms. The quantitative estimate of drug-likeness (QED) is 0.619. The molecule has 2 aromatic rings. The minimum Gasteiger partial charge on any atom is -0.289 e. The predicted octanol–water partition coefficient (Wildman–Crippen LogP) is 6.37. The highest BCUT2D eigenvalue weighted by Gasteiger charge is 2.31. The van der Waals surface area contributed by atoms with Crippen LogP contribution in [0.5, 0.6) is 0 Å². The Bertz CT molecular complexity index is 931. The van der Waals surface area contributed by atoms with Crippen molar-refractivity contribution in [1.82, 2.24) is 0 Å². The molecule has 0 amide bonds. The Balaban J connectivity index is 2.22. The Labute approximate surface area is 157 Å². The SMILES string of the molecule is CC1=C(c2cc(C)cc(C)c2C)C(=O)C(c2cc(C)cc(C)c2C)=C1C. The standard InChI is InChI=1S/C25H28O/c1-13-9-15(3)17(5)21(11-13)23-19(7)20(8)24(25(23)26)22-12-14(2)10-16(4)18(22)6/h9-12H,1-8H3. The summed E-state index contributed by atoms with van der Waals surface area (Å²) in [6.07, 6.45) is 0. The van der Waals surface area contributed by atoms with E-state index in [0.717, 1.165) is 33.4 Å². The highest BCUT2D eigenvalue weighted by Crippen LogP contribution is 2.42. The van der Waals surface area contributed by atoms with Gasteiger partial charge >= 0.3 is 0 Å². The normalized spacial score (nSPS) is 14.7. The van der Waals surface area contributed by atoms with E-state index in [1.807, 2.05) is 0 Å². The summed E-state index contributed by atoms with van der Waals surface area (Å²) >= 11 is 0. The van der Waals surface area contributed by atoms with Gasteiger partial charge in [0.05, 0.1) is 0 Å². The summed E-state index contributed by atoms with van der Waals surface area (Å²) in [6.45, 7) is 16.9. The molecule has 0 atom stereocenters. The molecule has 0 heterocycles. The summed E-state index contributed by atoms with van der Waals surface area (Å²) < 4.78 is 0. The second-order valence-corrected chi connectivity index (χ2v) is 7.84. The third kappa shape index (κ3) is 2.76. The number of carbonyl (C=O) groups is 1. The first-order valence-electron chi connectivity index (χ1n) is 9.26. The summed E-state index contributed by atoms with van der Waals surface area (Å²) in [5.41, 5.74) is 13.4. The average molecular weight is 344 g/mol. The monoisotopic (exact) mass is 344 g/mol. The molecule has 0 radical (unpaired) electrons. The summed E-state index contributed by atoms with van der Waals surface area (Å²) in [5.74, 6) is 0.168. The molecule has 1 nitrogen and oxygen atoms in total. The number of ketones is 1. The van der Waals surface area contributed by atoms with E-state index in [9.17, 15) is 4.79 Å². The van der Waals surface area contributed by atoms with Gasteiger partial charge in [-0.3, -0.25) is 4.79 Å². The molecule has 3 rings (SSSR count). The van der Waals surface area contributed by atoms with E-state index in [-0.39, 0.29) is 5.78 Å². The van der Waals surface area contributed by atoms with Crippen molar-refractivity contribution in [3.63, 3.8) is 0 Å². The first-order valence-corrected chi connectivity index (χ1v) is 9.26. The number of benzene rings is 2. The zero-order chi connectivity index (χ0) is 19.3. The summed E-state index contributed by atoms with van der Waals surface area (Å²) in [6, 6.07) is 8.68. The minimum absolute atomic E-state index is 0.168. The van der Waals surface area contributed by atoms with Gasteiger partial charge in [-0.1, -0.05) is 35.4 Å². The molecule has 134 valence electrons. The van der Waals surface area contributed by atoms with Crippen LogP contribution in [0.25, 0.3) is 11.1 Å². The van der Waals surface area contributed by atoms with Crippen LogP contribution in [-0.4, -0.2) is 5.78 Å². The van der Waals surface area contributed by atoms with Crippen LogP contribution >= 0.6 is 0 Å². The van der Waals surface area contributed by atoms with Gasteiger partial charge in [-0.05, 0) is 99.9 Å². The molecule has 1 aliphatic rings. The molecule has 0 unspecified atom stereocenters. The molecule has 0 saturated carbocycles. The Morgan fingerprint density at radius 3 is 1.23 bits per heavy atom.